The molecule has 0 aliphatic carbocycles. The molecule has 2 aromatic carbocycles. The number of rotatable bonds is 5. The van der Waals surface area contributed by atoms with Gasteiger partial charge in [0.05, 0.1) is 11.3 Å². The van der Waals surface area contributed by atoms with Gasteiger partial charge in [-0.25, -0.2) is 0 Å². The van der Waals surface area contributed by atoms with E-state index in [2.05, 4.69) is 23.2 Å². The first-order valence-corrected chi connectivity index (χ1v) is 8.91. The van der Waals surface area contributed by atoms with Crippen LogP contribution in [0.2, 0.25) is 0 Å². The molecule has 1 heterocycles. The minimum absolute atomic E-state index is 0.351. The van der Waals surface area contributed by atoms with E-state index in [0.29, 0.717) is 17.8 Å². The molecular formula is C21H21N3O3. The number of carboxylic acids is 1. The van der Waals surface area contributed by atoms with E-state index in [1.807, 2.05) is 30.3 Å². The fourth-order valence-corrected chi connectivity index (χ4v) is 3.51. The van der Waals surface area contributed by atoms with Crippen molar-refractivity contribution in [1.29, 1.82) is 5.26 Å². The second-order valence-electron chi connectivity index (χ2n) is 6.52. The lowest BCUT2D eigenvalue weighted by molar-refractivity contribution is -0.139. The highest BCUT2D eigenvalue weighted by atomic mass is 16.4. The van der Waals surface area contributed by atoms with Crippen LogP contribution in [-0.4, -0.2) is 35.0 Å². The fraction of sp³-hybridized carbons (Fsp3) is 0.286. The Balaban J connectivity index is 2.14. The highest BCUT2D eigenvalue weighted by Gasteiger charge is 2.25. The third-order valence-corrected chi connectivity index (χ3v) is 4.84. The Morgan fingerprint density at radius 3 is 2.63 bits per heavy atom. The van der Waals surface area contributed by atoms with Crippen molar-refractivity contribution in [3.63, 3.8) is 0 Å². The van der Waals surface area contributed by atoms with Crippen molar-refractivity contribution in [3.8, 4) is 17.2 Å². The summed E-state index contributed by atoms with van der Waals surface area (Å²) >= 11 is 0. The molecule has 0 bridgehead atoms. The lowest BCUT2D eigenvalue weighted by atomic mass is 9.87. The first-order valence-electron chi connectivity index (χ1n) is 8.91. The predicted molar refractivity (Wildman–Crippen MR) is 102 cm³/mol. The van der Waals surface area contributed by atoms with Crippen LogP contribution in [0.1, 0.15) is 30.0 Å². The largest absolute Gasteiger partial charge is 0.481 e. The summed E-state index contributed by atoms with van der Waals surface area (Å²) in [6.07, 6.45) is 0.179. The Morgan fingerprint density at radius 1 is 1.26 bits per heavy atom. The molecule has 2 N–H and O–H groups in total. The molecule has 1 aliphatic rings. The molecule has 6 heteroatoms. The molecule has 0 atom stereocenters. The van der Waals surface area contributed by atoms with Gasteiger partial charge < -0.3 is 10.4 Å². The highest BCUT2D eigenvalue weighted by molar-refractivity contribution is 6.03. The maximum Gasteiger partial charge on any atom is 0.312 e. The van der Waals surface area contributed by atoms with Crippen molar-refractivity contribution in [2.24, 2.45) is 0 Å². The van der Waals surface area contributed by atoms with Crippen LogP contribution in [0.25, 0.3) is 11.1 Å². The van der Waals surface area contributed by atoms with Gasteiger partial charge in [-0.15, -0.1) is 0 Å². The van der Waals surface area contributed by atoms with Gasteiger partial charge in [0.2, 0.25) is 5.91 Å². The van der Waals surface area contributed by atoms with Crippen LogP contribution in [0.5, 0.6) is 0 Å². The van der Waals surface area contributed by atoms with Gasteiger partial charge >= 0.3 is 5.97 Å². The number of carbonyl (C=O) groups excluding carboxylic acids is 1. The maximum atomic E-state index is 12.1. The first-order chi connectivity index (χ1) is 13.0. The molecule has 27 heavy (non-hydrogen) atoms. The zero-order chi connectivity index (χ0) is 19.4. The average molecular weight is 363 g/mol. The van der Waals surface area contributed by atoms with E-state index in [9.17, 15) is 14.9 Å². The Labute approximate surface area is 158 Å². The molecular weight excluding hydrogens is 342 g/mol. The molecule has 1 amide bonds. The molecule has 0 saturated carbocycles. The Hall–Kier alpha value is -3.17. The number of fused-ring (bicyclic) bond motifs is 1. The van der Waals surface area contributed by atoms with Gasteiger partial charge in [0.25, 0.3) is 0 Å². The summed E-state index contributed by atoms with van der Waals surface area (Å²) in [5.41, 5.74) is 4.82. The quantitative estimate of drug-likeness (QED) is 0.797. The number of nitrogens with one attached hydrogen (secondary N) is 1. The van der Waals surface area contributed by atoms with E-state index in [0.717, 1.165) is 41.8 Å². The molecule has 6 nitrogen and oxygen atoms in total. The van der Waals surface area contributed by atoms with E-state index >= 15 is 0 Å². The van der Waals surface area contributed by atoms with Crippen molar-refractivity contribution in [2.45, 2.75) is 26.3 Å². The Kier molecular flexibility index (Phi) is 5.53. The molecule has 0 radical (unpaired) electrons. The topological polar surface area (TPSA) is 93.4 Å². The van der Waals surface area contributed by atoms with Crippen LogP contribution >= 0.6 is 0 Å². The minimum Gasteiger partial charge on any atom is -0.481 e. The Bertz CT molecular complexity index is 917. The molecule has 0 fully saturated rings. The fourth-order valence-electron chi connectivity index (χ4n) is 3.51. The highest BCUT2D eigenvalue weighted by Crippen LogP contribution is 2.37. The Morgan fingerprint density at radius 2 is 2.00 bits per heavy atom. The smallest absolute Gasteiger partial charge is 0.312 e. The average Bonchev–Trinajstić information content (AvgIpc) is 2.67. The van der Waals surface area contributed by atoms with E-state index in [1.165, 1.54) is 0 Å². The predicted octanol–water partition coefficient (Wildman–Crippen LogP) is 3.02. The molecule has 1 aliphatic heterocycles. The van der Waals surface area contributed by atoms with E-state index in [4.69, 9.17) is 5.11 Å². The standard InChI is InChI=1S/C21H21N3O3/c1-2-24-9-8-16-17(14-6-4-3-5-7-14)10-15(12-22)21(18(16)13-24)23-19(25)11-20(26)27/h3-7,10H,2,8-9,11,13H2,1H3,(H,23,25)(H,26,27). The molecule has 0 saturated heterocycles. The van der Waals surface area contributed by atoms with Crippen LogP contribution in [0.3, 0.4) is 0 Å². The number of anilines is 1. The summed E-state index contributed by atoms with van der Waals surface area (Å²) in [5.74, 6) is -1.82. The number of carbonyl (C=O) groups is 2. The van der Waals surface area contributed by atoms with Crippen molar-refractivity contribution in [1.82, 2.24) is 4.90 Å². The van der Waals surface area contributed by atoms with E-state index in [-0.39, 0.29) is 0 Å². The van der Waals surface area contributed by atoms with E-state index in [1.54, 1.807) is 6.07 Å². The van der Waals surface area contributed by atoms with Crippen molar-refractivity contribution in [2.75, 3.05) is 18.4 Å². The number of likely N-dealkylation sites (N-methyl/N-ethyl adjacent to an activating group) is 1. The van der Waals surface area contributed by atoms with Gasteiger partial charge in [0.15, 0.2) is 0 Å². The molecule has 2 aromatic rings. The molecule has 0 spiro atoms. The van der Waals surface area contributed by atoms with Gasteiger partial charge in [-0.2, -0.15) is 5.26 Å². The second-order valence-corrected chi connectivity index (χ2v) is 6.52. The van der Waals surface area contributed by atoms with Crippen molar-refractivity contribution in [3.05, 3.63) is 53.1 Å². The van der Waals surface area contributed by atoms with Crippen LogP contribution in [0.4, 0.5) is 5.69 Å². The monoisotopic (exact) mass is 363 g/mol. The maximum absolute atomic E-state index is 12.1. The second kappa shape index (κ2) is 8.02. The summed E-state index contributed by atoms with van der Waals surface area (Å²) < 4.78 is 0. The van der Waals surface area contributed by atoms with Gasteiger partial charge in [0, 0.05) is 13.1 Å². The van der Waals surface area contributed by atoms with Gasteiger partial charge in [-0.05, 0) is 41.3 Å². The van der Waals surface area contributed by atoms with Gasteiger partial charge in [0.1, 0.15) is 12.5 Å². The molecule has 0 aromatic heterocycles. The summed E-state index contributed by atoms with van der Waals surface area (Å²) in [4.78, 5) is 25.2. The molecule has 0 unspecified atom stereocenters. The lowest BCUT2D eigenvalue weighted by Crippen LogP contribution is -2.32. The lowest BCUT2D eigenvalue weighted by Gasteiger charge is -2.31. The number of aliphatic carboxylic acids is 1. The summed E-state index contributed by atoms with van der Waals surface area (Å²) in [7, 11) is 0. The third kappa shape index (κ3) is 3.99. The van der Waals surface area contributed by atoms with Crippen LogP contribution < -0.4 is 5.32 Å². The van der Waals surface area contributed by atoms with Crippen molar-refractivity contribution >= 4 is 17.6 Å². The number of amides is 1. The minimum atomic E-state index is -1.20. The number of hydrogen-bond donors (Lipinski definition) is 2. The van der Waals surface area contributed by atoms with Crippen LogP contribution in [-0.2, 0) is 22.6 Å². The van der Waals surface area contributed by atoms with Gasteiger partial charge in [-0.1, -0.05) is 37.3 Å². The number of benzene rings is 2. The third-order valence-electron chi connectivity index (χ3n) is 4.84. The van der Waals surface area contributed by atoms with E-state index < -0.39 is 18.3 Å². The molecule has 138 valence electrons. The number of hydrogen-bond acceptors (Lipinski definition) is 4. The zero-order valence-corrected chi connectivity index (χ0v) is 15.2. The van der Waals surface area contributed by atoms with Crippen LogP contribution in [0.15, 0.2) is 36.4 Å². The summed E-state index contributed by atoms with van der Waals surface area (Å²) in [6, 6.07) is 13.8. The SMILES string of the molecule is CCN1CCc2c(-c3ccccc3)cc(C#N)c(NC(=O)CC(=O)O)c2C1. The number of nitriles is 1. The summed E-state index contributed by atoms with van der Waals surface area (Å²) in [6.45, 7) is 4.45. The molecule has 3 rings (SSSR count). The van der Waals surface area contributed by atoms with Crippen LogP contribution in [0, 0.1) is 11.3 Å². The normalized spacial score (nSPS) is 13.5. The van der Waals surface area contributed by atoms with Crippen molar-refractivity contribution < 1.29 is 14.7 Å². The van der Waals surface area contributed by atoms with Gasteiger partial charge in [-0.3, -0.25) is 14.5 Å². The number of nitrogens with zero attached hydrogens (tertiary/aromatic N) is 2. The summed E-state index contributed by atoms with van der Waals surface area (Å²) in [5, 5.41) is 21.2. The number of carboxylic acid groups (broad SMARTS) is 1. The first kappa shape index (κ1) is 18.6. The zero-order valence-electron chi connectivity index (χ0n) is 15.2.